The maximum Gasteiger partial charge on any atom is 0.330 e. The molecule has 1 saturated heterocycles. The second-order valence-electron chi connectivity index (χ2n) is 6.70. The number of halogens is 1. The predicted octanol–water partition coefficient (Wildman–Crippen LogP) is 1.47. The number of hydrogen-bond donors (Lipinski definition) is 0. The molecule has 9 heteroatoms. The first-order valence-corrected chi connectivity index (χ1v) is 9.05. The molecule has 0 aromatic carbocycles. The molecular formula is C19H20FN5O3. The van der Waals surface area contributed by atoms with Crippen LogP contribution in [0.15, 0.2) is 41.5 Å². The van der Waals surface area contributed by atoms with Gasteiger partial charge < -0.3 is 9.64 Å². The molecule has 3 aromatic rings. The van der Waals surface area contributed by atoms with Crippen LogP contribution >= 0.6 is 0 Å². The molecule has 0 bridgehead atoms. The summed E-state index contributed by atoms with van der Waals surface area (Å²) in [6.07, 6.45) is 3.31. The van der Waals surface area contributed by atoms with Crippen LogP contribution in [-0.4, -0.2) is 56.7 Å². The molecule has 0 unspecified atom stereocenters. The molecule has 0 radical (unpaired) electrons. The van der Waals surface area contributed by atoms with E-state index < -0.39 is 5.82 Å². The lowest BCUT2D eigenvalue weighted by molar-refractivity contribution is 0.0781. The van der Waals surface area contributed by atoms with Gasteiger partial charge in [0.1, 0.15) is 11.5 Å². The fourth-order valence-corrected chi connectivity index (χ4v) is 3.64. The van der Waals surface area contributed by atoms with Gasteiger partial charge in [0.05, 0.1) is 30.9 Å². The molecule has 4 heterocycles. The molecule has 0 saturated carbocycles. The number of nitrogens with zero attached hydrogens (tertiary/aromatic N) is 5. The third kappa shape index (κ3) is 3.18. The maximum absolute atomic E-state index is 13.1. The first-order valence-electron chi connectivity index (χ1n) is 9.05. The fraction of sp³-hybridized carbons (Fsp3) is 0.368. The van der Waals surface area contributed by atoms with Crippen molar-refractivity contribution in [3.8, 4) is 0 Å². The van der Waals surface area contributed by atoms with E-state index in [0.29, 0.717) is 38.3 Å². The number of carbonyl (C=O) groups excluding carboxylic acids is 1. The molecule has 4 rings (SSSR count). The van der Waals surface area contributed by atoms with Crippen molar-refractivity contribution in [3.63, 3.8) is 0 Å². The predicted molar refractivity (Wildman–Crippen MR) is 99.6 cm³/mol. The Balaban J connectivity index is 1.63. The topological polar surface area (TPSA) is 82.2 Å². The van der Waals surface area contributed by atoms with Crippen molar-refractivity contribution < 1.29 is 13.9 Å². The first-order chi connectivity index (χ1) is 13.6. The van der Waals surface area contributed by atoms with E-state index in [1.54, 1.807) is 33.4 Å². The molecule has 1 fully saturated rings. The lowest BCUT2D eigenvalue weighted by atomic mass is 10.2. The van der Waals surface area contributed by atoms with E-state index in [2.05, 4.69) is 9.97 Å². The van der Waals surface area contributed by atoms with Gasteiger partial charge in [-0.25, -0.2) is 19.2 Å². The Hall–Kier alpha value is -3.07. The van der Waals surface area contributed by atoms with Gasteiger partial charge in [-0.3, -0.25) is 13.9 Å². The Labute approximate surface area is 160 Å². The number of pyridine rings is 2. The van der Waals surface area contributed by atoms with E-state index in [0.717, 1.165) is 11.7 Å². The minimum absolute atomic E-state index is 0.162. The third-order valence-corrected chi connectivity index (χ3v) is 5.00. The van der Waals surface area contributed by atoms with Crippen LogP contribution in [0.4, 0.5) is 4.39 Å². The van der Waals surface area contributed by atoms with Crippen molar-refractivity contribution in [1.82, 2.24) is 24.0 Å². The summed E-state index contributed by atoms with van der Waals surface area (Å²) in [5.74, 6) is -0.760. The van der Waals surface area contributed by atoms with Crippen LogP contribution in [0.25, 0.3) is 11.2 Å². The maximum atomic E-state index is 13.1. The minimum Gasteiger partial charge on any atom is -0.383 e. The quantitative estimate of drug-likeness (QED) is 0.664. The zero-order chi connectivity index (χ0) is 19.7. The Morgan fingerprint density at radius 2 is 2.18 bits per heavy atom. The van der Waals surface area contributed by atoms with Gasteiger partial charge in [0, 0.05) is 26.4 Å². The van der Waals surface area contributed by atoms with Gasteiger partial charge in [-0.05, 0) is 30.7 Å². The molecule has 3 aromatic heterocycles. The molecule has 1 aliphatic rings. The van der Waals surface area contributed by atoms with Gasteiger partial charge in [0.25, 0.3) is 5.91 Å². The Kier molecular flexibility index (Phi) is 4.91. The van der Waals surface area contributed by atoms with Gasteiger partial charge in [0.15, 0.2) is 5.65 Å². The van der Waals surface area contributed by atoms with Crippen LogP contribution in [0.2, 0.25) is 0 Å². The van der Waals surface area contributed by atoms with Crippen molar-refractivity contribution in [2.75, 3.05) is 26.8 Å². The van der Waals surface area contributed by atoms with Gasteiger partial charge in [-0.1, -0.05) is 0 Å². The second kappa shape index (κ2) is 7.51. The number of fused-ring (bicyclic) bond motifs is 1. The Morgan fingerprint density at radius 1 is 1.32 bits per heavy atom. The summed E-state index contributed by atoms with van der Waals surface area (Å²) >= 11 is 0. The molecule has 8 nitrogen and oxygen atoms in total. The number of aromatic nitrogens is 4. The van der Waals surface area contributed by atoms with Crippen LogP contribution < -0.4 is 5.69 Å². The Morgan fingerprint density at radius 3 is 2.93 bits per heavy atom. The van der Waals surface area contributed by atoms with E-state index in [4.69, 9.17) is 4.74 Å². The van der Waals surface area contributed by atoms with E-state index in [1.807, 2.05) is 6.07 Å². The molecular weight excluding hydrogens is 365 g/mol. The standard InChI is InChI=1S/C19H20FN5O3/c1-28-10-9-24-16-3-2-7-21-17(16)25(19(24)27)14-6-8-23(12-14)18(26)15-5-4-13(20)11-22-15/h2-5,7,11,14H,6,8-10,12H2,1H3/t14-/m1/s1. The third-order valence-electron chi connectivity index (χ3n) is 5.00. The SMILES string of the molecule is COCCn1c(=O)n([C@@H]2CCN(C(=O)c3ccc(F)cn3)C2)c2ncccc21. The molecule has 1 atom stereocenters. The second-order valence-corrected chi connectivity index (χ2v) is 6.70. The van der Waals surface area contributed by atoms with Crippen molar-refractivity contribution in [2.45, 2.75) is 19.0 Å². The van der Waals surface area contributed by atoms with Crippen molar-refractivity contribution in [1.29, 1.82) is 0 Å². The molecule has 1 aliphatic heterocycles. The summed E-state index contributed by atoms with van der Waals surface area (Å²) in [5, 5.41) is 0. The van der Waals surface area contributed by atoms with E-state index in [1.165, 1.54) is 12.1 Å². The van der Waals surface area contributed by atoms with E-state index in [9.17, 15) is 14.0 Å². The van der Waals surface area contributed by atoms with Crippen LogP contribution in [-0.2, 0) is 11.3 Å². The zero-order valence-corrected chi connectivity index (χ0v) is 15.4. The number of hydrogen-bond acceptors (Lipinski definition) is 5. The average molecular weight is 385 g/mol. The minimum atomic E-state index is -0.489. The normalized spacial score (nSPS) is 16.8. The van der Waals surface area contributed by atoms with Gasteiger partial charge >= 0.3 is 5.69 Å². The highest BCUT2D eigenvalue weighted by atomic mass is 19.1. The van der Waals surface area contributed by atoms with Gasteiger partial charge in [-0.15, -0.1) is 0 Å². The summed E-state index contributed by atoms with van der Waals surface area (Å²) in [4.78, 5) is 35.6. The number of amides is 1. The Bertz CT molecular complexity index is 1060. The summed E-state index contributed by atoms with van der Waals surface area (Å²) in [6.45, 7) is 1.71. The van der Waals surface area contributed by atoms with E-state index >= 15 is 0 Å². The van der Waals surface area contributed by atoms with Crippen LogP contribution in [0.1, 0.15) is 23.0 Å². The summed E-state index contributed by atoms with van der Waals surface area (Å²) in [6, 6.07) is 6.05. The molecule has 0 spiro atoms. The average Bonchev–Trinajstić information content (AvgIpc) is 3.29. The largest absolute Gasteiger partial charge is 0.383 e. The van der Waals surface area contributed by atoms with E-state index in [-0.39, 0.29) is 23.3 Å². The van der Waals surface area contributed by atoms with Crippen LogP contribution in [0.3, 0.4) is 0 Å². The van der Waals surface area contributed by atoms with Gasteiger partial charge in [0.2, 0.25) is 0 Å². The molecule has 1 amide bonds. The summed E-state index contributed by atoms with van der Waals surface area (Å²) in [7, 11) is 1.59. The van der Waals surface area contributed by atoms with Gasteiger partial charge in [-0.2, -0.15) is 0 Å². The highest BCUT2D eigenvalue weighted by molar-refractivity contribution is 5.92. The lowest BCUT2D eigenvalue weighted by Gasteiger charge is -2.16. The number of ether oxygens (including phenoxy) is 1. The number of rotatable bonds is 5. The smallest absolute Gasteiger partial charge is 0.330 e. The molecule has 28 heavy (non-hydrogen) atoms. The monoisotopic (exact) mass is 385 g/mol. The van der Waals surface area contributed by atoms with Crippen molar-refractivity contribution in [2.24, 2.45) is 0 Å². The highest BCUT2D eigenvalue weighted by Gasteiger charge is 2.31. The highest BCUT2D eigenvalue weighted by Crippen LogP contribution is 2.25. The molecule has 0 N–H and O–H groups in total. The summed E-state index contributed by atoms with van der Waals surface area (Å²) in [5.41, 5.74) is 1.37. The van der Waals surface area contributed by atoms with Crippen LogP contribution in [0.5, 0.6) is 0 Å². The number of likely N-dealkylation sites (tertiary alicyclic amines) is 1. The molecule has 0 aliphatic carbocycles. The summed E-state index contributed by atoms with van der Waals surface area (Å²) < 4.78 is 21.5. The molecule has 146 valence electrons. The number of carbonyl (C=O) groups is 1. The fourth-order valence-electron chi connectivity index (χ4n) is 3.64. The first kappa shape index (κ1) is 18.3. The van der Waals surface area contributed by atoms with Crippen molar-refractivity contribution in [3.05, 3.63) is 58.7 Å². The number of imidazole rings is 1. The number of methoxy groups -OCH3 is 1. The van der Waals surface area contributed by atoms with Crippen molar-refractivity contribution >= 4 is 17.1 Å². The zero-order valence-electron chi connectivity index (χ0n) is 15.4. The lowest BCUT2D eigenvalue weighted by Crippen LogP contribution is -2.33. The van der Waals surface area contributed by atoms with Crippen LogP contribution in [0, 0.1) is 5.82 Å².